The van der Waals surface area contributed by atoms with E-state index < -0.39 is 5.97 Å². The summed E-state index contributed by atoms with van der Waals surface area (Å²) in [7, 11) is 0. The van der Waals surface area contributed by atoms with Crippen molar-refractivity contribution in [3.05, 3.63) is 22.7 Å². The molecule has 0 amide bonds. The average Bonchev–Trinajstić information content (AvgIpc) is 2.97. The third kappa shape index (κ3) is 4.18. The number of rotatable bonds is 7. The molecule has 0 aliphatic carbocycles. The zero-order valence-electron chi connectivity index (χ0n) is 9.93. The zero-order chi connectivity index (χ0) is 13.7. The van der Waals surface area contributed by atoms with Crippen LogP contribution in [0.2, 0.25) is 0 Å². The fourth-order valence-electron chi connectivity index (χ4n) is 1.41. The number of carbonyl (C=O) groups is 1. The molecule has 2 N–H and O–H groups in total. The fraction of sp³-hybridized carbons (Fsp3) is 0.364. The van der Waals surface area contributed by atoms with E-state index >= 15 is 0 Å². The average molecular weight is 330 g/mol. The van der Waals surface area contributed by atoms with E-state index in [9.17, 15) is 4.79 Å². The lowest BCUT2D eigenvalue weighted by atomic mass is 10.3. The number of furan rings is 1. The first-order chi connectivity index (χ1) is 9.15. The van der Waals surface area contributed by atoms with Gasteiger partial charge in [-0.15, -0.1) is 10.2 Å². The highest BCUT2D eigenvalue weighted by molar-refractivity contribution is 9.10. The summed E-state index contributed by atoms with van der Waals surface area (Å²) in [5.74, 6) is 0.438. The van der Waals surface area contributed by atoms with Gasteiger partial charge in [0.15, 0.2) is 10.4 Å². The lowest BCUT2D eigenvalue weighted by Crippen LogP contribution is -2.15. The van der Waals surface area contributed by atoms with Crippen molar-refractivity contribution in [2.45, 2.75) is 19.4 Å². The Balaban J connectivity index is 1.79. The molecule has 8 heteroatoms. The molecule has 2 aromatic heterocycles. The maximum Gasteiger partial charge on any atom is 0.303 e. The topological polar surface area (TPSA) is 101 Å². The Labute approximate surface area is 117 Å². The molecule has 0 fully saturated rings. The van der Waals surface area contributed by atoms with Crippen LogP contribution in [0.15, 0.2) is 25.6 Å². The van der Waals surface area contributed by atoms with E-state index in [2.05, 4.69) is 31.4 Å². The Morgan fingerprint density at radius 3 is 2.89 bits per heavy atom. The van der Waals surface area contributed by atoms with Gasteiger partial charge in [0.2, 0.25) is 5.89 Å². The lowest BCUT2D eigenvalue weighted by Gasteiger charge is -1.98. The van der Waals surface area contributed by atoms with Crippen LogP contribution in [0.4, 0.5) is 0 Å². The number of nitrogens with one attached hydrogen (secondary N) is 1. The van der Waals surface area contributed by atoms with Crippen LogP contribution in [0.5, 0.6) is 0 Å². The zero-order valence-corrected chi connectivity index (χ0v) is 11.5. The number of carboxylic acid groups (broad SMARTS) is 1. The molecule has 0 bridgehead atoms. The summed E-state index contributed by atoms with van der Waals surface area (Å²) in [6, 6.07) is 3.46. The van der Waals surface area contributed by atoms with Crippen LogP contribution < -0.4 is 5.32 Å². The van der Waals surface area contributed by atoms with Crippen LogP contribution >= 0.6 is 15.9 Å². The summed E-state index contributed by atoms with van der Waals surface area (Å²) in [5.41, 5.74) is 0. The number of hydrogen-bond acceptors (Lipinski definition) is 6. The van der Waals surface area contributed by atoms with E-state index in [-0.39, 0.29) is 6.42 Å². The van der Waals surface area contributed by atoms with Crippen molar-refractivity contribution in [2.24, 2.45) is 0 Å². The predicted octanol–water partition coefficient (Wildman–Crippen LogP) is 2.05. The van der Waals surface area contributed by atoms with Gasteiger partial charge in [0, 0.05) is 6.42 Å². The highest BCUT2D eigenvalue weighted by atomic mass is 79.9. The lowest BCUT2D eigenvalue weighted by molar-refractivity contribution is -0.137. The second kappa shape index (κ2) is 6.48. The molecule has 102 valence electrons. The molecule has 0 unspecified atom stereocenters. The van der Waals surface area contributed by atoms with Crippen LogP contribution in [0, 0.1) is 0 Å². The number of aliphatic carboxylic acids is 1. The number of nitrogens with zero attached hydrogens (tertiary/aromatic N) is 2. The van der Waals surface area contributed by atoms with E-state index in [4.69, 9.17) is 13.9 Å². The summed E-state index contributed by atoms with van der Waals surface area (Å²) < 4.78 is 11.3. The van der Waals surface area contributed by atoms with Crippen molar-refractivity contribution in [2.75, 3.05) is 6.54 Å². The van der Waals surface area contributed by atoms with Crippen molar-refractivity contribution in [3.63, 3.8) is 0 Å². The Morgan fingerprint density at radius 1 is 1.37 bits per heavy atom. The Bertz CT molecular complexity index is 552. The summed E-state index contributed by atoms with van der Waals surface area (Å²) in [4.78, 5) is 10.3. The molecule has 0 atom stereocenters. The minimum absolute atomic E-state index is 0.141. The number of aromatic nitrogens is 2. The molecule has 2 aromatic rings. The second-order valence-corrected chi connectivity index (χ2v) is 4.56. The molecule has 0 spiro atoms. The smallest absolute Gasteiger partial charge is 0.303 e. The first-order valence-corrected chi connectivity index (χ1v) is 6.45. The van der Waals surface area contributed by atoms with Crippen LogP contribution in [0.1, 0.15) is 18.7 Å². The van der Waals surface area contributed by atoms with Gasteiger partial charge in [-0.2, -0.15) is 0 Å². The summed E-state index contributed by atoms with van der Waals surface area (Å²) in [5, 5.41) is 19.2. The van der Waals surface area contributed by atoms with Gasteiger partial charge in [0.1, 0.15) is 0 Å². The van der Waals surface area contributed by atoms with Gasteiger partial charge >= 0.3 is 5.97 Å². The van der Waals surface area contributed by atoms with Crippen molar-refractivity contribution >= 4 is 21.9 Å². The normalized spacial score (nSPS) is 10.8. The summed E-state index contributed by atoms with van der Waals surface area (Å²) in [6.45, 7) is 0.977. The maximum atomic E-state index is 10.3. The molecule has 2 rings (SSSR count). The SMILES string of the molecule is O=C(O)CCCNCc1nnc(-c2ccc(Br)o2)o1. The molecule has 0 saturated heterocycles. The molecule has 0 aliphatic heterocycles. The van der Waals surface area contributed by atoms with Crippen LogP contribution in [0.3, 0.4) is 0 Å². The van der Waals surface area contributed by atoms with E-state index in [1.54, 1.807) is 12.1 Å². The number of carboxylic acids is 1. The van der Waals surface area contributed by atoms with E-state index in [1.807, 2.05) is 0 Å². The monoisotopic (exact) mass is 329 g/mol. The molecule has 7 nitrogen and oxygen atoms in total. The fourth-order valence-corrected chi connectivity index (χ4v) is 1.72. The van der Waals surface area contributed by atoms with Crippen molar-refractivity contribution in [3.8, 4) is 11.7 Å². The Morgan fingerprint density at radius 2 is 2.21 bits per heavy atom. The van der Waals surface area contributed by atoms with Crippen LogP contribution in [-0.4, -0.2) is 27.8 Å². The largest absolute Gasteiger partial charge is 0.481 e. The molecular weight excluding hydrogens is 318 g/mol. The quantitative estimate of drug-likeness (QED) is 0.749. The molecule has 0 radical (unpaired) electrons. The van der Waals surface area contributed by atoms with Gasteiger partial charge in [0.25, 0.3) is 5.89 Å². The van der Waals surface area contributed by atoms with E-state index in [0.29, 0.717) is 41.7 Å². The Hall–Kier alpha value is -1.67. The van der Waals surface area contributed by atoms with Crippen LogP contribution in [0.25, 0.3) is 11.7 Å². The molecule has 19 heavy (non-hydrogen) atoms. The van der Waals surface area contributed by atoms with E-state index in [1.165, 1.54) is 0 Å². The third-order valence-electron chi connectivity index (χ3n) is 2.27. The number of halogens is 1. The standard InChI is InChI=1S/C11H12BrN3O4/c12-8-4-3-7(18-8)11-15-14-9(19-11)6-13-5-1-2-10(16)17/h3-4,13H,1-2,5-6H2,(H,16,17). The molecule has 0 aromatic carbocycles. The van der Waals surface area contributed by atoms with Crippen LogP contribution in [-0.2, 0) is 11.3 Å². The predicted molar refractivity (Wildman–Crippen MR) is 68.3 cm³/mol. The van der Waals surface area contributed by atoms with Crippen molar-refractivity contribution < 1.29 is 18.7 Å². The Kier molecular flexibility index (Phi) is 4.69. The summed E-state index contributed by atoms with van der Waals surface area (Å²) in [6.07, 6.45) is 0.698. The molecule has 0 saturated carbocycles. The minimum atomic E-state index is -0.801. The maximum absolute atomic E-state index is 10.3. The van der Waals surface area contributed by atoms with Gasteiger partial charge in [0.05, 0.1) is 6.54 Å². The summed E-state index contributed by atoms with van der Waals surface area (Å²) >= 11 is 3.19. The number of hydrogen-bond donors (Lipinski definition) is 2. The van der Waals surface area contributed by atoms with Gasteiger partial charge < -0.3 is 19.3 Å². The van der Waals surface area contributed by atoms with Gasteiger partial charge in [-0.25, -0.2) is 0 Å². The third-order valence-corrected chi connectivity index (χ3v) is 2.70. The highest BCUT2D eigenvalue weighted by Gasteiger charge is 2.11. The van der Waals surface area contributed by atoms with E-state index in [0.717, 1.165) is 0 Å². The van der Waals surface area contributed by atoms with Gasteiger partial charge in [-0.05, 0) is 41.0 Å². The molecular formula is C11H12BrN3O4. The minimum Gasteiger partial charge on any atom is -0.481 e. The van der Waals surface area contributed by atoms with Gasteiger partial charge in [-0.1, -0.05) is 0 Å². The second-order valence-electron chi connectivity index (χ2n) is 3.78. The highest BCUT2D eigenvalue weighted by Crippen LogP contribution is 2.23. The first kappa shape index (κ1) is 13.8. The van der Waals surface area contributed by atoms with Crippen molar-refractivity contribution in [1.82, 2.24) is 15.5 Å². The first-order valence-electron chi connectivity index (χ1n) is 5.66. The molecule has 2 heterocycles. The van der Waals surface area contributed by atoms with Crippen molar-refractivity contribution in [1.29, 1.82) is 0 Å². The van der Waals surface area contributed by atoms with Gasteiger partial charge in [-0.3, -0.25) is 4.79 Å². The molecule has 0 aliphatic rings.